The predicted octanol–water partition coefficient (Wildman–Crippen LogP) is 8.46. The maximum absolute atomic E-state index is 12.6. The number of unbranched alkanes of at least 4 members (excludes halogenated alkanes) is 3. The Morgan fingerprint density at radius 1 is 0.638 bits per heavy atom. The first-order valence-corrected chi connectivity index (χ1v) is 17.5. The molecule has 0 bridgehead atoms. The minimum Gasteiger partial charge on any atom is -0.477 e. The molecule has 0 aromatic rings. The van der Waals surface area contributed by atoms with Crippen molar-refractivity contribution in [2.75, 3.05) is 41.0 Å². The average molecular weight is 659 g/mol. The van der Waals surface area contributed by atoms with Crippen molar-refractivity contribution in [3.05, 3.63) is 72.9 Å². The van der Waals surface area contributed by atoms with E-state index in [1.807, 2.05) is 21.1 Å². The number of aliphatic carboxylic acids is 1. The first kappa shape index (κ1) is 43.8. The monoisotopic (exact) mass is 658 g/mol. The third-order valence-corrected chi connectivity index (χ3v) is 7.10. The summed E-state index contributed by atoms with van der Waals surface area (Å²) in [6, 6.07) is -0.630. The molecular weight excluding hydrogens is 594 g/mol. The van der Waals surface area contributed by atoms with Crippen molar-refractivity contribution in [3.63, 3.8) is 0 Å². The molecule has 0 fully saturated rings. The fourth-order valence-corrected chi connectivity index (χ4v) is 4.42. The third kappa shape index (κ3) is 28.7. The summed E-state index contributed by atoms with van der Waals surface area (Å²) in [6.45, 7) is 4.35. The molecule has 0 amide bonds. The molecule has 0 aliphatic rings. The van der Waals surface area contributed by atoms with Crippen LogP contribution >= 0.6 is 0 Å². The van der Waals surface area contributed by atoms with Gasteiger partial charge < -0.3 is 23.8 Å². The Morgan fingerprint density at radius 3 is 1.64 bits per heavy atom. The Hall–Kier alpha value is -3.23. The van der Waals surface area contributed by atoms with Gasteiger partial charge in [-0.05, 0) is 70.6 Å². The Bertz CT molecular complexity index is 1000. The van der Waals surface area contributed by atoms with E-state index in [1.54, 1.807) is 0 Å². The van der Waals surface area contributed by atoms with E-state index in [1.165, 1.54) is 0 Å². The topological polar surface area (TPSA) is 99.1 Å². The van der Waals surface area contributed by atoms with Crippen LogP contribution in [0, 0.1) is 0 Å². The Kier molecular flexibility index (Phi) is 28.1. The number of esters is 2. The highest BCUT2D eigenvalue weighted by Gasteiger charge is 2.31. The van der Waals surface area contributed by atoms with E-state index in [4.69, 9.17) is 14.2 Å². The minimum atomic E-state index is -0.894. The van der Waals surface area contributed by atoms with Gasteiger partial charge in [0.2, 0.25) is 0 Å². The van der Waals surface area contributed by atoms with Gasteiger partial charge in [0.25, 0.3) is 0 Å². The highest BCUT2D eigenvalue weighted by molar-refractivity contribution is 5.72. The van der Waals surface area contributed by atoms with Crippen LogP contribution in [0.2, 0.25) is 0 Å². The summed E-state index contributed by atoms with van der Waals surface area (Å²) < 4.78 is 17.0. The van der Waals surface area contributed by atoms with Gasteiger partial charge >= 0.3 is 17.9 Å². The van der Waals surface area contributed by atoms with Gasteiger partial charge in [-0.3, -0.25) is 9.59 Å². The lowest BCUT2D eigenvalue weighted by Gasteiger charge is -2.31. The number of hydrogen-bond acceptors (Lipinski definition) is 6. The van der Waals surface area contributed by atoms with Crippen LogP contribution in [0.3, 0.4) is 0 Å². The standard InChI is InChI=1S/C39H63NO7/c1-6-8-10-12-14-16-18-20-21-23-25-27-29-37(41)46-34-35(33-45-32-31-36(39(43)44)40(3,4)5)47-38(42)30-28-26-24-22-19-17-15-13-11-9-7-2/h8-11,14-17,20-22,24,35-36H,6-7,12-13,18-19,23,25-34H2,1-5H3/p+1/b10-8+,11-9+,16-14+,17-15+,21-20+,24-22+. The van der Waals surface area contributed by atoms with Gasteiger partial charge in [0.1, 0.15) is 6.61 Å². The van der Waals surface area contributed by atoms with Gasteiger partial charge in [-0.1, -0.05) is 86.8 Å². The first-order chi connectivity index (χ1) is 22.6. The first-order valence-electron chi connectivity index (χ1n) is 17.5. The fraction of sp³-hybridized carbons (Fsp3) is 0.615. The van der Waals surface area contributed by atoms with E-state index < -0.39 is 18.1 Å². The molecular formula is C39H64NO7+. The number of carbonyl (C=O) groups is 3. The van der Waals surface area contributed by atoms with Crippen molar-refractivity contribution in [2.45, 2.75) is 116 Å². The van der Waals surface area contributed by atoms with Crippen molar-refractivity contribution in [2.24, 2.45) is 0 Å². The predicted molar refractivity (Wildman–Crippen MR) is 192 cm³/mol. The summed E-state index contributed by atoms with van der Waals surface area (Å²) in [5, 5.41) is 9.55. The van der Waals surface area contributed by atoms with Crippen molar-refractivity contribution >= 4 is 17.9 Å². The zero-order valence-electron chi connectivity index (χ0n) is 29.9. The lowest BCUT2D eigenvalue weighted by Crippen LogP contribution is -2.50. The Morgan fingerprint density at radius 2 is 1.13 bits per heavy atom. The van der Waals surface area contributed by atoms with E-state index in [-0.39, 0.29) is 42.7 Å². The van der Waals surface area contributed by atoms with Crippen LogP contribution in [0.5, 0.6) is 0 Å². The minimum absolute atomic E-state index is 0.0241. The molecule has 1 N–H and O–H groups in total. The number of ether oxygens (including phenoxy) is 3. The number of rotatable bonds is 29. The molecule has 2 atom stereocenters. The summed E-state index contributed by atoms with van der Waals surface area (Å²) in [4.78, 5) is 36.6. The molecule has 2 unspecified atom stereocenters. The van der Waals surface area contributed by atoms with E-state index in [2.05, 4.69) is 86.8 Å². The normalized spacial score (nSPS) is 14.0. The number of nitrogens with zero attached hydrogens (tertiary/aromatic N) is 1. The molecule has 0 aromatic carbocycles. The number of likely N-dealkylation sites (N-methyl/N-ethyl adjacent to an activating group) is 1. The third-order valence-electron chi connectivity index (χ3n) is 7.10. The van der Waals surface area contributed by atoms with Crippen LogP contribution in [-0.4, -0.2) is 80.6 Å². The van der Waals surface area contributed by atoms with Crippen LogP contribution in [-0.2, 0) is 28.6 Å². The molecule has 266 valence electrons. The van der Waals surface area contributed by atoms with Crippen LogP contribution in [0.25, 0.3) is 0 Å². The molecule has 0 aliphatic carbocycles. The van der Waals surface area contributed by atoms with Gasteiger partial charge in [-0.15, -0.1) is 0 Å². The van der Waals surface area contributed by atoms with E-state index in [9.17, 15) is 19.5 Å². The molecule has 0 rings (SSSR count). The lowest BCUT2D eigenvalue weighted by atomic mass is 10.1. The second-order valence-corrected chi connectivity index (χ2v) is 12.4. The average Bonchev–Trinajstić information content (AvgIpc) is 3.01. The quantitative estimate of drug-likeness (QED) is 0.0373. The lowest BCUT2D eigenvalue weighted by molar-refractivity contribution is -0.887. The van der Waals surface area contributed by atoms with Crippen molar-refractivity contribution in [1.29, 1.82) is 0 Å². The summed E-state index contributed by atoms with van der Waals surface area (Å²) in [5.41, 5.74) is 0. The summed E-state index contributed by atoms with van der Waals surface area (Å²) >= 11 is 0. The van der Waals surface area contributed by atoms with Gasteiger partial charge in [0, 0.05) is 19.3 Å². The van der Waals surface area contributed by atoms with Crippen molar-refractivity contribution in [3.8, 4) is 0 Å². The number of hydrogen-bond donors (Lipinski definition) is 1. The van der Waals surface area contributed by atoms with Gasteiger partial charge in [-0.2, -0.15) is 0 Å². The van der Waals surface area contributed by atoms with Crippen molar-refractivity contribution in [1.82, 2.24) is 0 Å². The summed E-state index contributed by atoms with van der Waals surface area (Å²) in [7, 11) is 5.47. The second kappa shape index (κ2) is 30.1. The van der Waals surface area contributed by atoms with Crippen LogP contribution in [0.15, 0.2) is 72.9 Å². The highest BCUT2D eigenvalue weighted by Crippen LogP contribution is 2.10. The SMILES string of the molecule is CC/C=C/C/C=C/C/C=C/CCCCC(=O)OCC(COCCC(C(=O)O)[N+](C)(C)C)OC(=O)CCC/C=C/C/C=C/C/C=C/CC. The smallest absolute Gasteiger partial charge is 0.362 e. The molecule has 0 saturated carbocycles. The number of quaternary nitrogens is 1. The maximum atomic E-state index is 12.6. The zero-order chi connectivity index (χ0) is 35.0. The van der Waals surface area contributed by atoms with Gasteiger partial charge in [0.05, 0.1) is 34.4 Å². The molecule has 8 nitrogen and oxygen atoms in total. The fourth-order valence-electron chi connectivity index (χ4n) is 4.42. The molecule has 0 aliphatic heterocycles. The van der Waals surface area contributed by atoms with Gasteiger partial charge in [-0.25, -0.2) is 4.79 Å². The number of carboxylic acid groups (broad SMARTS) is 1. The Balaban J connectivity index is 4.63. The van der Waals surface area contributed by atoms with E-state index in [0.717, 1.165) is 57.8 Å². The number of carboxylic acids is 1. The number of allylic oxidation sites excluding steroid dienone is 12. The maximum Gasteiger partial charge on any atom is 0.362 e. The van der Waals surface area contributed by atoms with Gasteiger partial charge in [0.15, 0.2) is 12.1 Å². The molecule has 0 radical (unpaired) electrons. The van der Waals surface area contributed by atoms with E-state index >= 15 is 0 Å². The summed E-state index contributed by atoms with van der Waals surface area (Å²) in [6.07, 6.45) is 35.4. The van der Waals surface area contributed by atoms with Crippen LogP contribution in [0.4, 0.5) is 0 Å². The molecule has 0 spiro atoms. The largest absolute Gasteiger partial charge is 0.477 e. The molecule has 0 saturated heterocycles. The van der Waals surface area contributed by atoms with Crippen LogP contribution in [0.1, 0.15) is 104 Å². The number of carbonyl (C=O) groups excluding carboxylic acids is 2. The molecule has 47 heavy (non-hydrogen) atoms. The second-order valence-electron chi connectivity index (χ2n) is 12.4. The Labute approximate surface area is 285 Å². The molecule has 0 aromatic heterocycles. The summed E-state index contributed by atoms with van der Waals surface area (Å²) in [5.74, 6) is -1.61. The molecule has 8 heteroatoms. The van der Waals surface area contributed by atoms with Crippen molar-refractivity contribution < 1.29 is 38.2 Å². The van der Waals surface area contributed by atoms with E-state index in [0.29, 0.717) is 25.7 Å². The highest BCUT2D eigenvalue weighted by atomic mass is 16.6. The zero-order valence-corrected chi connectivity index (χ0v) is 29.9. The molecule has 0 heterocycles. The van der Waals surface area contributed by atoms with Crippen LogP contribution < -0.4 is 0 Å².